The molecule has 4 aromatic rings. The normalized spacial score (nSPS) is 21.9. The summed E-state index contributed by atoms with van der Waals surface area (Å²) in [5, 5.41) is 3.61. The van der Waals surface area contributed by atoms with E-state index in [1.165, 1.54) is 70.9 Å². The lowest BCUT2D eigenvalue weighted by Gasteiger charge is -2.40. The molecule has 66 heavy (non-hydrogen) atoms. The summed E-state index contributed by atoms with van der Waals surface area (Å²) in [5.41, 5.74) is 7.05. The minimum Gasteiger partial charge on any atom is -0.370 e. The number of ketones is 1. The molecule has 1 N–H and O–H groups in total. The number of likely N-dealkylation sites (tertiary alicyclic amines) is 1. The fourth-order valence-corrected chi connectivity index (χ4v) is 11.9. The van der Waals surface area contributed by atoms with Crippen molar-refractivity contribution in [1.29, 1.82) is 0 Å². The number of carbonyl (C=O) groups is 3. The molecule has 5 fully saturated rings. The van der Waals surface area contributed by atoms with Gasteiger partial charge in [0.1, 0.15) is 17.5 Å². The predicted molar refractivity (Wildman–Crippen MR) is 257 cm³/mol. The fourth-order valence-electron chi connectivity index (χ4n) is 11.9. The number of aromatic nitrogens is 4. The second kappa shape index (κ2) is 19.0. The van der Waals surface area contributed by atoms with E-state index in [0.717, 1.165) is 110 Å². The maximum absolute atomic E-state index is 13.6. The van der Waals surface area contributed by atoms with E-state index in [-0.39, 0.29) is 34.8 Å². The number of nitrogens with one attached hydrogen (secondary N) is 1. The number of piperazine rings is 1. The van der Waals surface area contributed by atoms with Crippen molar-refractivity contribution in [2.24, 2.45) is 11.8 Å². The number of carbonyl (C=O) groups excluding carboxylic acids is 3. The van der Waals surface area contributed by atoms with Crippen molar-refractivity contribution in [3.63, 3.8) is 0 Å². The molecule has 348 valence electrons. The van der Waals surface area contributed by atoms with Crippen LogP contribution in [-0.2, 0) is 17.8 Å². The summed E-state index contributed by atoms with van der Waals surface area (Å²) in [6.07, 6.45) is 15.8. The quantitative estimate of drug-likeness (QED) is 0.161. The minimum atomic E-state index is -0.427. The largest absolute Gasteiger partial charge is 0.370 e. The monoisotopic (exact) mass is 895 g/mol. The Kier molecular flexibility index (Phi) is 12.8. The molecule has 10 rings (SSSR count). The lowest BCUT2D eigenvalue weighted by molar-refractivity contribution is -0.126. The molecule has 0 radical (unpaired) electrons. The molecule has 0 bridgehead atoms. The number of piperidine rings is 3. The number of pyridine rings is 2. The Morgan fingerprint density at radius 2 is 1.53 bits per heavy atom. The number of hydrogen-bond donors (Lipinski definition) is 1. The van der Waals surface area contributed by atoms with Crippen molar-refractivity contribution in [3.8, 4) is 0 Å². The lowest BCUT2D eigenvalue weighted by atomic mass is 9.91. The number of allylic oxidation sites excluding steroid dienone is 1. The van der Waals surface area contributed by atoms with Gasteiger partial charge in [0.05, 0.1) is 23.9 Å². The van der Waals surface area contributed by atoms with E-state index in [1.807, 2.05) is 19.2 Å². The van der Waals surface area contributed by atoms with Crippen LogP contribution in [0.3, 0.4) is 0 Å². The van der Waals surface area contributed by atoms with Crippen LogP contribution in [0, 0.1) is 18.8 Å². The maximum Gasteiger partial charge on any atom is 0.263 e. The van der Waals surface area contributed by atoms with Gasteiger partial charge < -0.3 is 24.9 Å². The molecule has 14 heteroatoms. The molecular weight excluding hydrogens is 829 g/mol. The third-order valence-electron chi connectivity index (χ3n) is 15.9. The van der Waals surface area contributed by atoms with Gasteiger partial charge in [-0.1, -0.05) is 19.4 Å². The number of benzene rings is 1. The van der Waals surface area contributed by atoms with E-state index in [0.29, 0.717) is 42.8 Å². The summed E-state index contributed by atoms with van der Waals surface area (Å²) in [7, 11) is 0. The molecule has 2 amide bonds. The molecule has 3 aromatic heterocycles. The Labute approximate surface area is 388 Å². The summed E-state index contributed by atoms with van der Waals surface area (Å²) in [6.45, 7) is 18.7. The first-order valence-corrected chi connectivity index (χ1v) is 24.8. The lowest BCUT2D eigenvalue weighted by Crippen LogP contribution is -2.49. The van der Waals surface area contributed by atoms with E-state index in [9.17, 15) is 19.2 Å². The Balaban J connectivity index is 0.641. The molecule has 1 aliphatic carbocycles. The molecular formula is C52H66N10O4. The van der Waals surface area contributed by atoms with E-state index < -0.39 is 6.04 Å². The first-order chi connectivity index (χ1) is 32.1. The summed E-state index contributed by atoms with van der Waals surface area (Å²) in [6, 6.07) is 10.1. The third-order valence-corrected chi connectivity index (χ3v) is 15.9. The van der Waals surface area contributed by atoms with E-state index in [2.05, 4.69) is 60.7 Å². The van der Waals surface area contributed by atoms with Gasteiger partial charge >= 0.3 is 0 Å². The van der Waals surface area contributed by atoms with E-state index in [4.69, 9.17) is 9.97 Å². The highest BCUT2D eigenvalue weighted by Crippen LogP contribution is 2.34. The van der Waals surface area contributed by atoms with Crippen LogP contribution in [0.5, 0.6) is 0 Å². The second-order valence-electron chi connectivity index (χ2n) is 20.1. The van der Waals surface area contributed by atoms with Crippen molar-refractivity contribution >= 4 is 40.0 Å². The van der Waals surface area contributed by atoms with Crippen LogP contribution in [0.4, 0.5) is 11.4 Å². The Morgan fingerprint density at radius 3 is 2.24 bits per heavy atom. The Morgan fingerprint density at radius 1 is 0.803 bits per heavy atom. The molecule has 5 aliphatic heterocycles. The number of fused-ring (bicyclic) bond motifs is 2. The second-order valence-corrected chi connectivity index (χ2v) is 20.1. The molecule has 4 saturated heterocycles. The van der Waals surface area contributed by atoms with Gasteiger partial charge in [0.2, 0.25) is 5.91 Å². The van der Waals surface area contributed by atoms with Gasteiger partial charge in [-0.25, -0.2) is 9.97 Å². The fraction of sp³-hybridized carbons (Fsp3) is 0.558. The van der Waals surface area contributed by atoms with Crippen molar-refractivity contribution in [1.82, 2.24) is 39.5 Å². The number of amides is 2. The van der Waals surface area contributed by atoms with Gasteiger partial charge in [-0.15, -0.1) is 0 Å². The van der Waals surface area contributed by atoms with E-state index in [1.54, 1.807) is 15.7 Å². The van der Waals surface area contributed by atoms with Crippen LogP contribution in [0.2, 0.25) is 0 Å². The van der Waals surface area contributed by atoms with Crippen LogP contribution in [-0.4, -0.2) is 123 Å². The van der Waals surface area contributed by atoms with E-state index >= 15 is 0 Å². The average molecular weight is 895 g/mol. The Hall–Kier alpha value is -5.47. The molecule has 6 aliphatic rings. The van der Waals surface area contributed by atoms with Crippen molar-refractivity contribution in [3.05, 3.63) is 99.1 Å². The Bertz CT molecular complexity index is 2540. The molecule has 1 aromatic carbocycles. The van der Waals surface area contributed by atoms with Crippen molar-refractivity contribution < 1.29 is 14.4 Å². The zero-order chi connectivity index (χ0) is 45.5. The first-order valence-electron chi connectivity index (χ1n) is 24.8. The summed E-state index contributed by atoms with van der Waals surface area (Å²) < 4.78 is 1.78. The first kappa shape index (κ1) is 44.4. The van der Waals surface area contributed by atoms with Crippen LogP contribution in [0.25, 0.3) is 11.0 Å². The van der Waals surface area contributed by atoms with Crippen LogP contribution in [0.1, 0.15) is 127 Å². The van der Waals surface area contributed by atoms with Gasteiger partial charge in [-0.3, -0.25) is 33.6 Å². The van der Waals surface area contributed by atoms with Gasteiger partial charge in [0, 0.05) is 92.6 Å². The molecule has 14 nitrogen and oxygen atoms in total. The SMILES string of the molecule is C=C1CCC(N2Cc3cc(N4CCN(CC5CCN(CCC6CCN(c7ccc(Cc8ncc9c(C)c(C(C)=O)c(=O)n(C%10CCCC%10)c9n8)nc7)CC6)CC5)CC4)ccc3C2=O)C(=O)N1. The highest BCUT2D eigenvalue weighted by molar-refractivity contribution is 6.02. The van der Waals surface area contributed by atoms with Crippen LogP contribution < -0.4 is 20.7 Å². The smallest absolute Gasteiger partial charge is 0.263 e. The minimum absolute atomic E-state index is 0.0394. The van der Waals surface area contributed by atoms with Crippen molar-refractivity contribution in [2.75, 3.05) is 75.2 Å². The van der Waals surface area contributed by atoms with Gasteiger partial charge in [-0.2, -0.15) is 0 Å². The van der Waals surface area contributed by atoms with Gasteiger partial charge in [-0.05, 0) is 145 Å². The summed E-state index contributed by atoms with van der Waals surface area (Å²) in [5.74, 6) is 1.78. The maximum atomic E-state index is 13.6. The highest BCUT2D eigenvalue weighted by Gasteiger charge is 2.38. The number of nitrogens with zero attached hydrogens (tertiary/aromatic N) is 9. The number of anilines is 2. The third kappa shape index (κ3) is 9.15. The summed E-state index contributed by atoms with van der Waals surface area (Å²) >= 11 is 0. The van der Waals surface area contributed by atoms with Crippen molar-refractivity contribution in [2.45, 2.75) is 110 Å². The van der Waals surface area contributed by atoms with Gasteiger partial charge in [0.15, 0.2) is 5.78 Å². The molecule has 1 atom stereocenters. The number of aryl methyl sites for hydroxylation is 1. The van der Waals surface area contributed by atoms with Gasteiger partial charge in [0.25, 0.3) is 11.5 Å². The number of Topliss-reactive ketones (excluding diaryl/α,β-unsaturated/α-hetero) is 1. The zero-order valence-corrected chi connectivity index (χ0v) is 39.0. The molecule has 1 saturated carbocycles. The summed E-state index contributed by atoms with van der Waals surface area (Å²) in [4.78, 5) is 78.5. The van der Waals surface area contributed by atoms with Crippen LogP contribution >= 0.6 is 0 Å². The number of hydrogen-bond acceptors (Lipinski definition) is 11. The number of rotatable bonds is 12. The van der Waals surface area contributed by atoms with Crippen LogP contribution in [0.15, 0.2) is 59.8 Å². The standard InChI is InChI=1S/C52H66N10O4/c1-34-8-13-46(50(64)55-34)61-33-39-28-42(11-12-44(39)51(61)65)60-26-24-58(25-27-60)32-38-15-20-57(21-16-38)19-14-37-17-22-59(23-18-37)43-10-9-40(53-30-43)29-47-54-31-45-35(2)48(36(3)63)52(66)62(49(45)56-47)41-6-4-5-7-41/h9-12,28,30-31,37-38,41,46H,1,4-8,13-27,29,32-33H2,2-3H3,(H,55,64). The predicted octanol–water partition coefficient (Wildman–Crippen LogP) is 6.29. The molecule has 0 spiro atoms. The molecule has 8 heterocycles. The molecule has 1 unspecified atom stereocenters. The topological polar surface area (TPSA) is 140 Å². The highest BCUT2D eigenvalue weighted by atomic mass is 16.2. The zero-order valence-electron chi connectivity index (χ0n) is 39.0. The average Bonchev–Trinajstić information content (AvgIpc) is 3.97.